The van der Waals surface area contributed by atoms with Gasteiger partial charge in [-0.2, -0.15) is 0 Å². The summed E-state index contributed by atoms with van der Waals surface area (Å²) in [5, 5.41) is 15.2. The van der Waals surface area contributed by atoms with Crippen LogP contribution in [-0.4, -0.2) is 49.2 Å². The Labute approximate surface area is 197 Å². The van der Waals surface area contributed by atoms with E-state index >= 15 is 0 Å². The summed E-state index contributed by atoms with van der Waals surface area (Å²) in [5.74, 6) is -0.816. The molecule has 1 atom stereocenters. The Morgan fingerprint density at radius 2 is 1.88 bits per heavy atom. The predicted octanol–water partition coefficient (Wildman–Crippen LogP) is 2.26. The number of methoxy groups -OCH3 is 1. The minimum Gasteiger partial charge on any atom is -0.469 e. The molecule has 2 rings (SSSR count). The van der Waals surface area contributed by atoms with Crippen molar-refractivity contribution in [2.45, 2.75) is 30.7 Å². The number of nitrogens with one attached hydrogen (secondary N) is 4. The average molecular weight is 472 g/mol. The number of carbonyl (C=O) groups excluding carboxylic acids is 3. The van der Waals surface area contributed by atoms with E-state index in [1.165, 1.54) is 18.7 Å². The maximum atomic E-state index is 12.4. The molecule has 0 saturated heterocycles. The zero-order chi connectivity index (χ0) is 24.2. The molecule has 1 unspecified atom stereocenters. The first-order valence-corrected chi connectivity index (χ1v) is 11.3. The van der Waals surface area contributed by atoms with Gasteiger partial charge in [-0.05, 0) is 49.4 Å². The Hall–Kier alpha value is -3.53. The third-order valence-electron chi connectivity index (χ3n) is 4.58. The minimum absolute atomic E-state index is 0.0450. The minimum atomic E-state index is -0.447. The summed E-state index contributed by atoms with van der Waals surface area (Å²) in [5.41, 5.74) is 7.28. The Kier molecular flexibility index (Phi) is 10.2. The third kappa shape index (κ3) is 9.65. The molecule has 0 saturated carbocycles. The first kappa shape index (κ1) is 25.7. The van der Waals surface area contributed by atoms with Crippen LogP contribution in [0.3, 0.4) is 0 Å². The Balaban J connectivity index is 1.86. The highest BCUT2D eigenvalue weighted by molar-refractivity contribution is 7.99. The molecule has 0 fully saturated rings. The number of hydrogen-bond acceptors (Lipinski definition) is 6. The summed E-state index contributed by atoms with van der Waals surface area (Å²) in [6.45, 7) is 1.78. The van der Waals surface area contributed by atoms with Crippen LogP contribution in [0.25, 0.3) is 0 Å². The maximum Gasteiger partial charge on any atom is 0.307 e. The number of amides is 2. The molecular weight excluding hydrogens is 442 g/mol. The molecule has 0 heterocycles. The second-order valence-electron chi connectivity index (χ2n) is 7.30. The van der Waals surface area contributed by atoms with Crippen LogP contribution in [-0.2, 0) is 14.3 Å². The van der Waals surface area contributed by atoms with Gasteiger partial charge in [-0.3, -0.25) is 19.8 Å². The van der Waals surface area contributed by atoms with E-state index < -0.39 is 23.8 Å². The molecule has 0 aliphatic carbocycles. The number of ether oxygens (including phenoxy) is 1. The molecule has 2 amide bonds. The first-order chi connectivity index (χ1) is 15.8. The van der Waals surface area contributed by atoms with Gasteiger partial charge in [0.1, 0.15) is 0 Å². The highest BCUT2D eigenvalue weighted by Crippen LogP contribution is 2.20. The van der Waals surface area contributed by atoms with Gasteiger partial charge < -0.3 is 26.4 Å². The molecule has 2 aromatic rings. The number of carbonyl (C=O) groups is 3. The van der Waals surface area contributed by atoms with Crippen LogP contribution in [0.2, 0.25) is 0 Å². The molecule has 6 N–H and O–H groups in total. The van der Waals surface area contributed by atoms with Gasteiger partial charge in [0.05, 0.1) is 20.1 Å². The van der Waals surface area contributed by atoms with Crippen LogP contribution in [0, 0.1) is 12.3 Å². The van der Waals surface area contributed by atoms with E-state index in [-0.39, 0.29) is 18.9 Å². The zero-order valence-corrected chi connectivity index (χ0v) is 19.5. The van der Waals surface area contributed by atoms with Gasteiger partial charge in [0.15, 0.2) is 5.96 Å². The molecule has 0 aromatic heterocycles. The molecule has 0 aliphatic heterocycles. The number of thioether (sulfide) groups is 1. The van der Waals surface area contributed by atoms with Crippen molar-refractivity contribution in [1.82, 2.24) is 10.6 Å². The van der Waals surface area contributed by atoms with E-state index in [2.05, 4.69) is 16.0 Å². The lowest BCUT2D eigenvalue weighted by Crippen LogP contribution is -2.43. The van der Waals surface area contributed by atoms with E-state index in [4.69, 9.17) is 15.9 Å². The second-order valence-corrected chi connectivity index (χ2v) is 8.47. The highest BCUT2D eigenvalue weighted by Gasteiger charge is 2.18. The van der Waals surface area contributed by atoms with Gasteiger partial charge in [0.2, 0.25) is 5.91 Å². The smallest absolute Gasteiger partial charge is 0.307 e. The summed E-state index contributed by atoms with van der Waals surface area (Å²) >= 11 is 1.64. The summed E-state index contributed by atoms with van der Waals surface area (Å²) in [7, 11) is 1.30. The third-order valence-corrected chi connectivity index (χ3v) is 5.62. The molecule has 9 nitrogen and oxygen atoms in total. The monoisotopic (exact) mass is 471 g/mol. The molecular formula is C23H29N5O4S. The molecule has 0 radical (unpaired) electrons. The van der Waals surface area contributed by atoms with E-state index in [1.54, 1.807) is 30.0 Å². The largest absolute Gasteiger partial charge is 0.469 e. The molecule has 33 heavy (non-hydrogen) atoms. The van der Waals surface area contributed by atoms with Crippen molar-refractivity contribution >= 4 is 41.2 Å². The van der Waals surface area contributed by atoms with Crippen molar-refractivity contribution in [2.24, 2.45) is 5.73 Å². The van der Waals surface area contributed by atoms with Crippen LogP contribution >= 0.6 is 11.8 Å². The number of aryl methyl sites for hydroxylation is 1. The summed E-state index contributed by atoms with van der Waals surface area (Å²) in [6, 6.07) is 14.1. The van der Waals surface area contributed by atoms with Crippen molar-refractivity contribution in [2.75, 3.05) is 24.7 Å². The van der Waals surface area contributed by atoms with Crippen LogP contribution in [0.5, 0.6) is 0 Å². The maximum absolute atomic E-state index is 12.4. The van der Waals surface area contributed by atoms with Crippen LogP contribution in [0.4, 0.5) is 5.69 Å². The van der Waals surface area contributed by atoms with E-state index in [0.717, 1.165) is 4.90 Å². The number of anilines is 1. The summed E-state index contributed by atoms with van der Waals surface area (Å²) in [6.07, 6.45) is 0.607. The highest BCUT2D eigenvalue weighted by atomic mass is 32.2. The average Bonchev–Trinajstić information content (AvgIpc) is 2.78. The lowest BCUT2D eigenvalue weighted by atomic mass is 10.1. The molecule has 0 spiro atoms. The quantitative estimate of drug-likeness (QED) is 0.146. The number of benzene rings is 2. The molecule has 0 aliphatic rings. The second kappa shape index (κ2) is 13.1. The normalized spacial score (nSPS) is 11.2. The fourth-order valence-electron chi connectivity index (χ4n) is 2.90. The van der Waals surface area contributed by atoms with Crippen molar-refractivity contribution < 1.29 is 19.1 Å². The fourth-order valence-corrected chi connectivity index (χ4v) is 3.86. The van der Waals surface area contributed by atoms with Crippen molar-refractivity contribution in [3.63, 3.8) is 0 Å². The standard InChI is InChI=1S/C23H29N5O4S/c1-15-6-8-19(9-7-15)33-11-10-18(13-21(30)32-2)27-20(29)14-26-22(31)16-4-3-5-17(12-16)28-23(24)25/h3-9,12,18H,10-11,13-14H2,1-2H3,(H,26,31)(H,27,29)(H4,24,25,28). The van der Waals surface area contributed by atoms with Gasteiger partial charge in [-0.25, -0.2) is 0 Å². The Bertz CT molecular complexity index is 981. The van der Waals surface area contributed by atoms with Gasteiger partial charge >= 0.3 is 5.97 Å². The van der Waals surface area contributed by atoms with Gasteiger partial charge in [0.25, 0.3) is 5.91 Å². The van der Waals surface area contributed by atoms with Gasteiger partial charge in [0, 0.05) is 22.2 Å². The number of guanidine groups is 1. The predicted molar refractivity (Wildman–Crippen MR) is 129 cm³/mol. The van der Waals surface area contributed by atoms with E-state index in [9.17, 15) is 14.4 Å². The van der Waals surface area contributed by atoms with Crippen molar-refractivity contribution in [1.29, 1.82) is 5.41 Å². The number of rotatable bonds is 11. The molecule has 176 valence electrons. The molecule has 2 aromatic carbocycles. The topological polar surface area (TPSA) is 146 Å². The van der Waals surface area contributed by atoms with E-state index in [0.29, 0.717) is 23.4 Å². The lowest BCUT2D eigenvalue weighted by Gasteiger charge is -2.18. The van der Waals surface area contributed by atoms with Crippen LogP contribution in [0.15, 0.2) is 53.4 Å². The Morgan fingerprint density at radius 1 is 1.15 bits per heavy atom. The van der Waals surface area contributed by atoms with Gasteiger partial charge in [-0.1, -0.05) is 23.8 Å². The molecule has 0 bridgehead atoms. The Morgan fingerprint density at radius 3 is 2.55 bits per heavy atom. The fraction of sp³-hybridized carbons (Fsp3) is 0.304. The van der Waals surface area contributed by atoms with E-state index in [1.807, 2.05) is 31.2 Å². The van der Waals surface area contributed by atoms with Crippen LogP contribution < -0.4 is 21.7 Å². The number of nitrogens with two attached hydrogens (primary N) is 1. The SMILES string of the molecule is COC(=O)CC(CCSc1ccc(C)cc1)NC(=O)CNC(=O)c1cccc(NC(=N)N)c1. The zero-order valence-electron chi connectivity index (χ0n) is 18.6. The van der Waals surface area contributed by atoms with Crippen molar-refractivity contribution in [3.8, 4) is 0 Å². The summed E-state index contributed by atoms with van der Waals surface area (Å²) in [4.78, 5) is 37.6. The summed E-state index contributed by atoms with van der Waals surface area (Å²) < 4.78 is 4.74. The van der Waals surface area contributed by atoms with Crippen molar-refractivity contribution in [3.05, 3.63) is 59.7 Å². The molecule has 10 heteroatoms. The number of esters is 1. The number of hydrogen-bond donors (Lipinski definition) is 5. The van der Waals surface area contributed by atoms with Gasteiger partial charge in [-0.15, -0.1) is 11.8 Å². The van der Waals surface area contributed by atoms with Crippen LogP contribution in [0.1, 0.15) is 28.8 Å². The first-order valence-electron chi connectivity index (χ1n) is 10.3. The lowest BCUT2D eigenvalue weighted by molar-refractivity contribution is -0.141.